The number of rotatable bonds is 5. The van der Waals surface area contributed by atoms with Crippen molar-refractivity contribution >= 4 is 17.0 Å². The number of ketones is 1. The van der Waals surface area contributed by atoms with Crippen LogP contribution in [0.2, 0.25) is 0 Å². The molecule has 2 aliphatic heterocycles. The molecule has 0 aliphatic carbocycles. The molecule has 0 spiro atoms. The summed E-state index contributed by atoms with van der Waals surface area (Å²) in [5, 5.41) is 10.3. The van der Waals surface area contributed by atoms with E-state index in [9.17, 15) is 23.7 Å². The SMILES string of the molecule is Cc1cn([C@H]2C[C@H](O)[C@@H](COS(=O)N3C(C)(C)CC(=O)C3(C)C)O2)c(=O)[nH]c1=O. The van der Waals surface area contributed by atoms with Gasteiger partial charge in [-0.2, -0.15) is 4.31 Å². The highest BCUT2D eigenvalue weighted by molar-refractivity contribution is 7.77. The molecule has 2 fully saturated rings. The zero-order valence-electron chi connectivity index (χ0n) is 17.1. The van der Waals surface area contributed by atoms with Crippen LogP contribution in [0.3, 0.4) is 0 Å². The Labute approximate surface area is 170 Å². The summed E-state index contributed by atoms with van der Waals surface area (Å²) in [6.07, 6.45) is -0.790. The van der Waals surface area contributed by atoms with Crippen LogP contribution < -0.4 is 11.2 Å². The van der Waals surface area contributed by atoms with Gasteiger partial charge in [0.05, 0.1) is 18.2 Å². The average molecular weight is 429 g/mol. The average Bonchev–Trinajstić information content (AvgIpc) is 3.02. The van der Waals surface area contributed by atoms with Crippen LogP contribution in [0.15, 0.2) is 15.8 Å². The summed E-state index contributed by atoms with van der Waals surface area (Å²) < 4.78 is 26.7. The van der Waals surface area contributed by atoms with Crippen molar-refractivity contribution in [2.45, 2.75) is 77.0 Å². The topological polar surface area (TPSA) is 131 Å². The summed E-state index contributed by atoms with van der Waals surface area (Å²) in [7, 11) is 0. The van der Waals surface area contributed by atoms with Crippen LogP contribution >= 0.6 is 0 Å². The molecule has 1 aromatic rings. The van der Waals surface area contributed by atoms with Gasteiger partial charge in [0.1, 0.15) is 12.3 Å². The number of hydrogen-bond donors (Lipinski definition) is 2. The van der Waals surface area contributed by atoms with E-state index in [-0.39, 0.29) is 25.2 Å². The summed E-state index contributed by atoms with van der Waals surface area (Å²) in [6, 6.07) is 0. The smallest absolute Gasteiger partial charge is 0.330 e. The van der Waals surface area contributed by atoms with Crippen molar-refractivity contribution < 1.29 is 23.0 Å². The van der Waals surface area contributed by atoms with Crippen molar-refractivity contribution in [3.63, 3.8) is 0 Å². The Morgan fingerprint density at radius 2 is 1.97 bits per heavy atom. The van der Waals surface area contributed by atoms with Crippen molar-refractivity contribution in [2.75, 3.05) is 6.61 Å². The van der Waals surface area contributed by atoms with Gasteiger partial charge in [-0.3, -0.25) is 23.3 Å². The summed E-state index contributed by atoms with van der Waals surface area (Å²) in [4.78, 5) is 38.0. The second kappa shape index (κ2) is 7.55. The van der Waals surface area contributed by atoms with Crippen molar-refractivity contribution in [1.82, 2.24) is 13.9 Å². The minimum Gasteiger partial charge on any atom is -0.390 e. The van der Waals surface area contributed by atoms with Crippen LogP contribution in [-0.4, -0.2) is 58.8 Å². The summed E-state index contributed by atoms with van der Waals surface area (Å²) in [6.45, 7) is 8.43. The molecule has 2 saturated heterocycles. The quantitative estimate of drug-likeness (QED) is 0.669. The molecule has 0 aromatic carbocycles. The van der Waals surface area contributed by atoms with E-state index in [0.717, 1.165) is 0 Å². The van der Waals surface area contributed by atoms with Gasteiger partial charge in [-0.15, -0.1) is 0 Å². The zero-order chi connectivity index (χ0) is 21.7. The van der Waals surface area contributed by atoms with E-state index in [0.29, 0.717) is 5.56 Å². The molecular formula is C18H27N3O7S. The molecule has 0 amide bonds. The Morgan fingerprint density at radius 3 is 2.55 bits per heavy atom. The molecule has 1 aromatic heterocycles. The second-order valence-corrected chi connectivity index (χ2v) is 9.71. The molecular weight excluding hydrogens is 402 g/mol. The molecule has 3 heterocycles. The number of aliphatic hydroxyl groups is 1. The number of aryl methyl sites for hydroxylation is 1. The van der Waals surface area contributed by atoms with Gasteiger partial charge < -0.3 is 9.84 Å². The minimum absolute atomic E-state index is 0.0236. The number of H-pyrrole nitrogens is 1. The number of aromatic amines is 1. The van der Waals surface area contributed by atoms with Gasteiger partial charge in [-0.25, -0.2) is 9.00 Å². The van der Waals surface area contributed by atoms with Crippen molar-refractivity contribution in [2.24, 2.45) is 0 Å². The summed E-state index contributed by atoms with van der Waals surface area (Å²) in [5.74, 6) is -0.0236. The highest BCUT2D eigenvalue weighted by Crippen LogP contribution is 2.39. The van der Waals surface area contributed by atoms with Gasteiger partial charge in [0.25, 0.3) is 5.56 Å². The number of hydrogen-bond acceptors (Lipinski definition) is 7. The Kier molecular flexibility index (Phi) is 5.73. The Hall–Kier alpha value is -1.66. The van der Waals surface area contributed by atoms with E-state index in [1.54, 1.807) is 20.8 Å². The van der Waals surface area contributed by atoms with Crippen LogP contribution in [0.1, 0.15) is 52.3 Å². The molecule has 0 radical (unpaired) electrons. The lowest BCUT2D eigenvalue weighted by Gasteiger charge is -2.36. The van der Waals surface area contributed by atoms with Crippen LogP contribution in [-0.2, 0) is 25.0 Å². The predicted octanol–water partition coefficient (Wildman–Crippen LogP) is -0.0793. The van der Waals surface area contributed by atoms with Crippen molar-refractivity contribution in [3.05, 3.63) is 32.6 Å². The molecule has 0 bridgehead atoms. The molecule has 2 N–H and O–H groups in total. The summed E-state index contributed by atoms with van der Waals surface area (Å²) in [5.41, 5.74) is -2.35. The second-order valence-electron chi connectivity index (χ2n) is 8.68. The molecule has 2 aliphatic rings. The molecule has 0 saturated carbocycles. The minimum atomic E-state index is -1.93. The van der Waals surface area contributed by atoms with Crippen molar-refractivity contribution in [3.8, 4) is 0 Å². The number of ether oxygens (including phenoxy) is 1. The fourth-order valence-electron chi connectivity index (χ4n) is 3.95. The Morgan fingerprint density at radius 1 is 1.31 bits per heavy atom. The number of Topliss-reactive ketones (excluding diaryl/α,β-unsaturated/α-hetero) is 1. The largest absolute Gasteiger partial charge is 0.390 e. The lowest BCUT2D eigenvalue weighted by Crippen LogP contribution is -2.51. The number of carbonyl (C=O) groups excluding carboxylic acids is 1. The van der Waals surface area contributed by atoms with Gasteiger partial charge in [0.2, 0.25) is 11.3 Å². The molecule has 10 nitrogen and oxygen atoms in total. The fraction of sp³-hybridized carbons (Fsp3) is 0.722. The zero-order valence-corrected chi connectivity index (χ0v) is 17.9. The number of aliphatic hydroxyl groups excluding tert-OH is 1. The predicted molar refractivity (Wildman–Crippen MR) is 104 cm³/mol. The lowest BCUT2D eigenvalue weighted by molar-refractivity contribution is -0.122. The van der Waals surface area contributed by atoms with Gasteiger partial charge in [-0.1, -0.05) is 0 Å². The van der Waals surface area contributed by atoms with Gasteiger partial charge >= 0.3 is 5.69 Å². The molecule has 11 heteroatoms. The number of aromatic nitrogens is 2. The number of nitrogens with zero attached hydrogens (tertiary/aromatic N) is 2. The van der Waals surface area contributed by atoms with Crippen LogP contribution in [0.4, 0.5) is 0 Å². The first-order valence-electron chi connectivity index (χ1n) is 9.39. The fourth-order valence-corrected chi connectivity index (χ4v) is 5.25. The van der Waals surface area contributed by atoms with E-state index in [2.05, 4.69) is 4.98 Å². The van der Waals surface area contributed by atoms with E-state index in [1.165, 1.54) is 15.1 Å². The first-order chi connectivity index (χ1) is 13.3. The Balaban J connectivity index is 1.68. The maximum Gasteiger partial charge on any atom is 0.330 e. The maximum atomic E-state index is 12.8. The number of nitrogens with one attached hydrogen (secondary N) is 1. The van der Waals surface area contributed by atoms with Crippen LogP contribution in [0, 0.1) is 6.92 Å². The van der Waals surface area contributed by atoms with Gasteiger partial charge in [-0.05, 0) is 34.6 Å². The third-order valence-electron chi connectivity index (χ3n) is 5.48. The molecule has 162 valence electrons. The van der Waals surface area contributed by atoms with E-state index in [1.807, 2.05) is 13.8 Å². The van der Waals surface area contributed by atoms with Crippen LogP contribution in [0.25, 0.3) is 0 Å². The first kappa shape index (κ1) is 22.0. The van der Waals surface area contributed by atoms with E-state index in [4.69, 9.17) is 8.92 Å². The van der Waals surface area contributed by atoms with Gasteiger partial charge in [0.15, 0.2) is 5.78 Å². The standard InChI is InChI=1S/C18H27N3O7S/c1-10-8-20(16(25)19-15(10)24)14-6-11(22)12(28-14)9-27-29(26)21-17(2,3)7-13(23)18(21,4)5/h8,11-12,14,22H,6-7,9H2,1-5H3,(H,19,24,25)/t11-,12+,14+,29?/m0/s1. The van der Waals surface area contributed by atoms with Crippen molar-refractivity contribution in [1.29, 1.82) is 0 Å². The third-order valence-corrected chi connectivity index (χ3v) is 7.06. The lowest BCUT2D eigenvalue weighted by atomic mass is 9.99. The van der Waals surface area contributed by atoms with E-state index < -0.39 is 52.0 Å². The monoisotopic (exact) mass is 429 g/mol. The molecule has 4 atom stereocenters. The molecule has 3 rings (SSSR count). The molecule has 29 heavy (non-hydrogen) atoms. The number of carbonyl (C=O) groups is 1. The highest BCUT2D eigenvalue weighted by atomic mass is 32.2. The molecule has 1 unspecified atom stereocenters. The van der Waals surface area contributed by atoms with Crippen LogP contribution in [0.5, 0.6) is 0 Å². The van der Waals surface area contributed by atoms with Gasteiger partial charge in [0, 0.05) is 30.1 Å². The highest BCUT2D eigenvalue weighted by Gasteiger charge is 2.54. The maximum absolute atomic E-state index is 12.8. The summed E-state index contributed by atoms with van der Waals surface area (Å²) >= 11 is -1.93. The first-order valence-corrected chi connectivity index (χ1v) is 10.4. The van der Waals surface area contributed by atoms with E-state index >= 15 is 0 Å². The Bertz CT molecular complexity index is 952. The third kappa shape index (κ3) is 4.02. The normalized spacial score (nSPS) is 30.0.